The summed E-state index contributed by atoms with van der Waals surface area (Å²) in [6.45, 7) is 0. The van der Waals surface area contributed by atoms with Gasteiger partial charge in [-0.2, -0.15) is 0 Å². The van der Waals surface area contributed by atoms with Gasteiger partial charge in [0.25, 0.3) is 5.91 Å². The second-order valence-corrected chi connectivity index (χ2v) is 8.16. The molecular formula is C25H20ClNO4. The molecule has 6 heteroatoms. The molecule has 3 aromatic carbocycles. The fourth-order valence-electron chi connectivity index (χ4n) is 3.36. The molecule has 0 heterocycles. The first-order chi connectivity index (χ1) is 14.9. The predicted octanol–water partition coefficient (Wildman–Crippen LogP) is 4.78. The number of carboxylic acid groups (broad SMARTS) is 1. The van der Waals surface area contributed by atoms with Crippen molar-refractivity contribution in [2.45, 2.75) is 24.8 Å². The summed E-state index contributed by atoms with van der Waals surface area (Å²) in [6, 6.07) is 21.5. The molecule has 1 fully saturated rings. The second kappa shape index (κ2) is 8.36. The first-order valence-electron chi connectivity index (χ1n) is 9.90. The number of hydrogen-bond donors (Lipinski definition) is 2. The van der Waals surface area contributed by atoms with Gasteiger partial charge in [-0.05, 0) is 65.9 Å². The maximum absolute atomic E-state index is 12.4. The van der Waals surface area contributed by atoms with E-state index in [0.717, 1.165) is 16.7 Å². The van der Waals surface area contributed by atoms with Gasteiger partial charge in [0.1, 0.15) is 5.54 Å². The number of carboxylic acids is 1. The molecule has 0 aliphatic heterocycles. The van der Waals surface area contributed by atoms with Crippen molar-refractivity contribution in [2.24, 2.45) is 0 Å². The van der Waals surface area contributed by atoms with Crippen LogP contribution in [0, 0.1) is 0 Å². The van der Waals surface area contributed by atoms with Crippen LogP contribution in [-0.4, -0.2) is 28.3 Å². The average molecular weight is 434 g/mol. The normalized spacial score (nSPS) is 14.0. The number of nitrogens with one attached hydrogen (secondary N) is 1. The lowest BCUT2D eigenvalue weighted by molar-refractivity contribution is -0.140. The van der Waals surface area contributed by atoms with Gasteiger partial charge >= 0.3 is 5.97 Å². The molecule has 0 aromatic heterocycles. The van der Waals surface area contributed by atoms with E-state index in [1.54, 1.807) is 36.4 Å². The van der Waals surface area contributed by atoms with Crippen LogP contribution < -0.4 is 5.32 Å². The fourth-order valence-corrected chi connectivity index (χ4v) is 3.49. The SMILES string of the molecule is O=C(Cc1ccc(-c2ccc(C(=O)NC3(C(=O)O)CC3)cc2)cc1)c1ccc(Cl)cc1. The standard InChI is InChI=1S/C25H20ClNO4/c26-21-11-9-19(10-12-21)22(28)15-16-1-3-17(4-2-16)18-5-7-20(8-6-18)23(29)27-25(13-14-25)24(30)31/h1-12H,13-15H2,(H,27,29)(H,30,31). The molecule has 0 spiro atoms. The summed E-state index contributed by atoms with van der Waals surface area (Å²) >= 11 is 5.87. The monoisotopic (exact) mass is 433 g/mol. The van der Waals surface area contributed by atoms with Crippen LogP contribution in [0.1, 0.15) is 39.1 Å². The topological polar surface area (TPSA) is 83.5 Å². The van der Waals surface area contributed by atoms with Crippen LogP contribution in [0.4, 0.5) is 0 Å². The Balaban J connectivity index is 1.41. The summed E-state index contributed by atoms with van der Waals surface area (Å²) in [5.74, 6) is -1.36. The van der Waals surface area contributed by atoms with E-state index in [2.05, 4.69) is 5.32 Å². The van der Waals surface area contributed by atoms with E-state index in [9.17, 15) is 19.5 Å². The van der Waals surface area contributed by atoms with Crippen LogP contribution in [0.5, 0.6) is 0 Å². The lowest BCUT2D eigenvalue weighted by Crippen LogP contribution is -2.43. The zero-order valence-corrected chi connectivity index (χ0v) is 17.4. The molecule has 3 aromatic rings. The molecule has 0 saturated heterocycles. The van der Waals surface area contributed by atoms with Gasteiger partial charge in [-0.25, -0.2) is 4.79 Å². The largest absolute Gasteiger partial charge is 0.480 e. The average Bonchev–Trinajstić information content (AvgIpc) is 3.56. The van der Waals surface area contributed by atoms with Crippen LogP contribution in [0.2, 0.25) is 5.02 Å². The Bertz CT molecular complexity index is 1130. The van der Waals surface area contributed by atoms with Crippen molar-refractivity contribution < 1.29 is 19.5 Å². The van der Waals surface area contributed by atoms with E-state index in [1.807, 2.05) is 36.4 Å². The van der Waals surface area contributed by atoms with Gasteiger partial charge in [0, 0.05) is 22.6 Å². The van der Waals surface area contributed by atoms with Crippen molar-refractivity contribution in [3.8, 4) is 11.1 Å². The minimum Gasteiger partial charge on any atom is -0.480 e. The summed E-state index contributed by atoms with van der Waals surface area (Å²) in [5.41, 5.74) is 2.72. The van der Waals surface area contributed by atoms with E-state index in [-0.39, 0.29) is 11.7 Å². The van der Waals surface area contributed by atoms with Gasteiger partial charge in [0.05, 0.1) is 0 Å². The Labute approximate surface area is 184 Å². The van der Waals surface area contributed by atoms with E-state index in [4.69, 9.17) is 11.6 Å². The lowest BCUT2D eigenvalue weighted by Gasteiger charge is -2.12. The van der Waals surface area contributed by atoms with Crippen LogP contribution in [-0.2, 0) is 11.2 Å². The summed E-state index contributed by atoms with van der Waals surface area (Å²) in [6.07, 6.45) is 1.21. The Kier molecular flexibility index (Phi) is 5.61. The number of hydrogen-bond acceptors (Lipinski definition) is 3. The summed E-state index contributed by atoms with van der Waals surface area (Å²) in [5, 5.41) is 12.4. The van der Waals surface area contributed by atoms with E-state index in [1.165, 1.54) is 0 Å². The Morgan fingerprint density at radius 1 is 0.806 bits per heavy atom. The van der Waals surface area contributed by atoms with Crippen LogP contribution in [0.25, 0.3) is 11.1 Å². The van der Waals surface area contributed by atoms with E-state index < -0.39 is 11.5 Å². The minimum absolute atomic E-state index is 0.0228. The number of carbonyl (C=O) groups is 3. The minimum atomic E-state index is -1.10. The lowest BCUT2D eigenvalue weighted by atomic mass is 9.99. The summed E-state index contributed by atoms with van der Waals surface area (Å²) in [4.78, 5) is 36.0. The van der Waals surface area contributed by atoms with Crippen molar-refractivity contribution in [3.05, 3.63) is 94.5 Å². The smallest absolute Gasteiger partial charge is 0.329 e. The van der Waals surface area contributed by atoms with Crippen molar-refractivity contribution in [1.29, 1.82) is 0 Å². The van der Waals surface area contributed by atoms with Gasteiger partial charge < -0.3 is 10.4 Å². The zero-order chi connectivity index (χ0) is 22.0. The second-order valence-electron chi connectivity index (χ2n) is 7.72. The van der Waals surface area contributed by atoms with Gasteiger partial charge in [0.2, 0.25) is 0 Å². The molecule has 5 nitrogen and oxygen atoms in total. The fraction of sp³-hybridized carbons (Fsp3) is 0.160. The number of aliphatic carboxylic acids is 1. The molecule has 0 atom stereocenters. The number of carbonyl (C=O) groups excluding carboxylic acids is 2. The molecule has 0 bridgehead atoms. The molecular weight excluding hydrogens is 414 g/mol. The molecule has 1 amide bonds. The molecule has 1 aliphatic rings. The van der Waals surface area contributed by atoms with Crippen molar-refractivity contribution in [2.75, 3.05) is 0 Å². The first kappa shape index (κ1) is 20.8. The Morgan fingerprint density at radius 3 is 1.84 bits per heavy atom. The maximum Gasteiger partial charge on any atom is 0.329 e. The highest BCUT2D eigenvalue weighted by molar-refractivity contribution is 6.30. The number of amides is 1. The van der Waals surface area contributed by atoms with E-state index in [0.29, 0.717) is 35.4 Å². The third-order valence-electron chi connectivity index (χ3n) is 5.48. The van der Waals surface area contributed by atoms with E-state index >= 15 is 0 Å². The van der Waals surface area contributed by atoms with Crippen molar-refractivity contribution in [3.63, 3.8) is 0 Å². The summed E-state index contributed by atoms with van der Waals surface area (Å²) in [7, 11) is 0. The number of Topliss-reactive ketones (excluding diaryl/α,β-unsaturated/α-hetero) is 1. The zero-order valence-electron chi connectivity index (χ0n) is 16.6. The quantitative estimate of drug-likeness (QED) is 0.525. The highest BCUT2D eigenvalue weighted by Gasteiger charge is 2.51. The number of rotatable bonds is 7. The maximum atomic E-state index is 12.4. The highest BCUT2D eigenvalue weighted by atomic mass is 35.5. The third-order valence-corrected chi connectivity index (χ3v) is 5.73. The molecule has 156 valence electrons. The first-order valence-corrected chi connectivity index (χ1v) is 10.3. The van der Waals surface area contributed by atoms with Crippen molar-refractivity contribution in [1.82, 2.24) is 5.32 Å². The number of ketones is 1. The van der Waals surface area contributed by atoms with Crippen molar-refractivity contribution >= 4 is 29.3 Å². The molecule has 1 aliphatic carbocycles. The molecule has 31 heavy (non-hydrogen) atoms. The Morgan fingerprint density at radius 2 is 1.32 bits per heavy atom. The predicted molar refractivity (Wildman–Crippen MR) is 118 cm³/mol. The van der Waals surface area contributed by atoms with Gasteiger partial charge in [-0.1, -0.05) is 48.0 Å². The van der Waals surface area contributed by atoms with Gasteiger partial charge in [0.15, 0.2) is 5.78 Å². The van der Waals surface area contributed by atoms with Crippen LogP contribution in [0.3, 0.4) is 0 Å². The third kappa shape index (κ3) is 4.67. The highest BCUT2D eigenvalue weighted by Crippen LogP contribution is 2.35. The molecule has 4 rings (SSSR count). The molecule has 1 saturated carbocycles. The molecule has 0 radical (unpaired) electrons. The Hall–Kier alpha value is -3.44. The van der Waals surface area contributed by atoms with Crippen LogP contribution in [0.15, 0.2) is 72.8 Å². The molecule has 0 unspecified atom stereocenters. The number of halogens is 1. The van der Waals surface area contributed by atoms with Gasteiger partial charge in [-0.15, -0.1) is 0 Å². The van der Waals surface area contributed by atoms with Gasteiger partial charge in [-0.3, -0.25) is 9.59 Å². The molecule has 2 N–H and O–H groups in total. The number of benzene rings is 3. The summed E-state index contributed by atoms with van der Waals surface area (Å²) < 4.78 is 0. The van der Waals surface area contributed by atoms with Crippen LogP contribution >= 0.6 is 11.6 Å².